The summed E-state index contributed by atoms with van der Waals surface area (Å²) in [4.78, 5) is 0. The maximum Gasteiger partial charge on any atom is 0.126 e. The molecular formula is C15H19FN2. The van der Waals surface area contributed by atoms with Crippen molar-refractivity contribution in [2.75, 3.05) is 0 Å². The second-order valence-electron chi connectivity index (χ2n) is 5.05. The lowest BCUT2D eigenvalue weighted by molar-refractivity contribution is 0.518. The van der Waals surface area contributed by atoms with E-state index >= 15 is 0 Å². The molecule has 18 heavy (non-hydrogen) atoms. The SMILES string of the molecule is Cc1ccc(Cc2cnn(C(C)C)c2C)cc1F. The summed E-state index contributed by atoms with van der Waals surface area (Å²) < 4.78 is 15.5. The lowest BCUT2D eigenvalue weighted by atomic mass is 10.0. The molecule has 0 radical (unpaired) electrons. The largest absolute Gasteiger partial charge is 0.267 e. The number of nitrogens with zero attached hydrogens (tertiary/aromatic N) is 2. The number of aromatic nitrogens is 2. The topological polar surface area (TPSA) is 17.8 Å². The molecule has 0 saturated heterocycles. The highest BCUT2D eigenvalue weighted by Gasteiger charge is 2.10. The monoisotopic (exact) mass is 246 g/mol. The minimum absolute atomic E-state index is 0.138. The van der Waals surface area contributed by atoms with Gasteiger partial charge in [0.2, 0.25) is 0 Å². The van der Waals surface area contributed by atoms with E-state index in [9.17, 15) is 4.39 Å². The molecule has 0 atom stereocenters. The highest BCUT2D eigenvalue weighted by molar-refractivity contribution is 5.30. The van der Waals surface area contributed by atoms with Gasteiger partial charge in [-0.05, 0) is 50.5 Å². The van der Waals surface area contributed by atoms with Gasteiger partial charge in [-0.1, -0.05) is 12.1 Å². The molecule has 0 aliphatic carbocycles. The van der Waals surface area contributed by atoms with Gasteiger partial charge in [-0.15, -0.1) is 0 Å². The van der Waals surface area contributed by atoms with Gasteiger partial charge in [-0.25, -0.2) is 4.39 Å². The normalized spacial score (nSPS) is 11.2. The number of halogens is 1. The molecule has 2 aromatic rings. The minimum atomic E-state index is -0.138. The van der Waals surface area contributed by atoms with Crippen molar-refractivity contribution < 1.29 is 4.39 Å². The summed E-state index contributed by atoms with van der Waals surface area (Å²) in [7, 11) is 0. The Hall–Kier alpha value is -1.64. The standard InChI is InChI=1S/C15H19FN2/c1-10(2)18-12(4)14(9-17-18)7-13-6-5-11(3)15(16)8-13/h5-6,8-10H,7H2,1-4H3. The average Bonchev–Trinajstić information content (AvgIpc) is 2.66. The summed E-state index contributed by atoms with van der Waals surface area (Å²) in [6.07, 6.45) is 2.61. The van der Waals surface area contributed by atoms with E-state index in [0.717, 1.165) is 23.2 Å². The van der Waals surface area contributed by atoms with Crippen LogP contribution in [0.3, 0.4) is 0 Å². The molecule has 0 fully saturated rings. The van der Waals surface area contributed by atoms with Crippen LogP contribution in [-0.2, 0) is 6.42 Å². The average molecular weight is 246 g/mol. The summed E-state index contributed by atoms with van der Waals surface area (Å²) in [5.41, 5.74) is 4.00. The first-order valence-electron chi connectivity index (χ1n) is 6.27. The zero-order chi connectivity index (χ0) is 13.3. The molecule has 1 heterocycles. The Morgan fingerprint density at radius 3 is 2.56 bits per heavy atom. The van der Waals surface area contributed by atoms with E-state index in [-0.39, 0.29) is 5.82 Å². The number of aryl methyl sites for hydroxylation is 1. The third kappa shape index (κ3) is 2.45. The van der Waals surface area contributed by atoms with Crippen LogP contribution >= 0.6 is 0 Å². The Morgan fingerprint density at radius 1 is 1.28 bits per heavy atom. The van der Waals surface area contributed by atoms with Gasteiger partial charge in [0, 0.05) is 18.2 Å². The predicted molar refractivity (Wildman–Crippen MR) is 71.3 cm³/mol. The molecule has 3 heteroatoms. The van der Waals surface area contributed by atoms with E-state index in [1.54, 1.807) is 13.0 Å². The van der Waals surface area contributed by atoms with Crippen LogP contribution in [-0.4, -0.2) is 9.78 Å². The van der Waals surface area contributed by atoms with Crippen LogP contribution in [0.1, 0.15) is 42.3 Å². The van der Waals surface area contributed by atoms with Crippen LogP contribution < -0.4 is 0 Å². The van der Waals surface area contributed by atoms with Gasteiger partial charge in [0.25, 0.3) is 0 Å². The van der Waals surface area contributed by atoms with Crippen molar-refractivity contribution in [3.63, 3.8) is 0 Å². The van der Waals surface area contributed by atoms with Crippen molar-refractivity contribution >= 4 is 0 Å². The summed E-state index contributed by atoms with van der Waals surface area (Å²) in [5.74, 6) is -0.138. The zero-order valence-corrected chi connectivity index (χ0v) is 11.4. The summed E-state index contributed by atoms with van der Waals surface area (Å²) in [6.45, 7) is 8.05. The maximum atomic E-state index is 13.5. The molecule has 1 aromatic heterocycles. The number of hydrogen-bond donors (Lipinski definition) is 0. The fourth-order valence-corrected chi connectivity index (χ4v) is 2.12. The molecule has 0 aliphatic heterocycles. The van der Waals surface area contributed by atoms with E-state index in [1.165, 1.54) is 0 Å². The molecule has 0 aliphatic rings. The first kappa shape index (κ1) is 12.8. The molecule has 0 spiro atoms. The molecule has 0 saturated carbocycles. The van der Waals surface area contributed by atoms with Crippen LogP contribution in [0.4, 0.5) is 4.39 Å². The van der Waals surface area contributed by atoms with E-state index in [4.69, 9.17) is 0 Å². The van der Waals surface area contributed by atoms with Gasteiger partial charge in [0.1, 0.15) is 5.82 Å². The third-order valence-electron chi connectivity index (χ3n) is 3.27. The maximum absolute atomic E-state index is 13.5. The van der Waals surface area contributed by atoms with Crippen molar-refractivity contribution in [3.05, 3.63) is 52.6 Å². The molecule has 1 aromatic carbocycles. The highest BCUT2D eigenvalue weighted by Crippen LogP contribution is 2.18. The lowest BCUT2D eigenvalue weighted by Crippen LogP contribution is -2.05. The van der Waals surface area contributed by atoms with Crippen molar-refractivity contribution in [3.8, 4) is 0 Å². The Balaban J connectivity index is 2.26. The van der Waals surface area contributed by atoms with Crippen LogP contribution in [0.5, 0.6) is 0 Å². The predicted octanol–water partition coefficient (Wildman–Crippen LogP) is 3.81. The second kappa shape index (κ2) is 4.92. The molecule has 96 valence electrons. The van der Waals surface area contributed by atoms with Crippen molar-refractivity contribution in [2.45, 2.75) is 40.2 Å². The second-order valence-corrected chi connectivity index (χ2v) is 5.05. The van der Waals surface area contributed by atoms with E-state index < -0.39 is 0 Å². The van der Waals surface area contributed by atoms with Gasteiger partial charge < -0.3 is 0 Å². The summed E-state index contributed by atoms with van der Waals surface area (Å²) >= 11 is 0. The van der Waals surface area contributed by atoms with Gasteiger partial charge in [-0.2, -0.15) is 5.10 Å². The van der Waals surface area contributed by atoms with E-state index in [0.29, 0.717) is 11.6 Å². The van der Waals surface area contributed by atoms with Crippen molar-refractivity contribution in [1.29, 1.82) is 0 Å². The van der Waals surface area contributed by atoms with Crippen LogP contribution in [0.25, 0.3) is 0 Å². The van der Waals surface area contributed by atoms with Crippen molar-refractivity contribution in [1.82, 2.24) is 9.78 Å². The zero-order valence-electron chi connectivity index (χ0n) is 11.4. The smallest absolute Gasteiger partial charge is 0.126 e. The lowest BCUT2D eigenvalue weighted by Gasteiger charge is -2.09. The van der Waals surface area contributed by atoms with Gasteiger partial charge in [0.15, 0.2) is 0 Å². The number of benzene rings is 1. The third-order valence-corrected chi connectivity index (χ3v) is 3.27. The molecule has 0 unspecified atom stereocenters. The van der Waals surface area contributed by atoms with Crippen LogP contribution in [0.15, 0.2) is 24.4 Å². The van der Waals surface area contributed by atoms with Crippen molar-refractivity contribution in [2.24, 2.45) is 0 Å². The van der Waals surface area contributed by atoms with E-state index in [2.05, 4.69) is 25.9 Å². The molecule has 0 bridgehead atoms. The van der Waals surface area contributed by atoms with Gasteiger partial charge >= 0.3 is 0 Å². The Morgan fingerprint density at radius 2 is 2.00 bits per heavy atom. The molecule has 0 amide bonds. The Bertz CT molecular complexity index is 556. The molecular weight excluding hydrogens is 227 g/mol. The highest BCUT2D eigenvalue weighted by atomic mass is 19.1. The van der Waals surface area contributed by atoms with Crippen LogP contribution in [0.2, 0.25) is 0 Å². The summed E-state index contributed by atoms with van der Waals surface area (Å²) in [6, 6.07) is 5.77. The Kier molecular flexibility index (Phi) is 3.50. The quantitative estimate of drug-likeness (QED) is 0.805. The molecule has 0 N–H and O–H groups in total. The Labute approximate surface area is 107 Å². The first-order valence-corrected chi connectivity index (χ1v) is 6.27. The van der Waals surface area contributed by atoms with E-state index in [1.807, 2.05) is 23.0 Å². The van der Waals surface area contributed by atoms with Gasteiger partial charge in [0.05, 0.1) is 6.20 Å². The fraction of sp³-hybridized carbons (Fsp3) is 0.400. The first-order chi connectivity index (χ1) is 8.49. The number of rotatable bonds is 3. The number of hydrogen-bond acceptors (Lipinski definition) is 1. The fourth-order valence-electron chi connectivity index (χ4n) is 2.12. The van der Waals surface area contributed by atoms with Crippen LogP contribution in [0, 0.1) is 19.7 Å². The molecule has 2 rings (SSSR count). The summed E-state index contributed by atoms with van der Waals surface area (Å²) in [5, 5.41) is 4.37. The van der Waals surface area contributed by atoms with Gasteiger partial charge in [-0.3, -0.25) is 4.68 Å². The minimum Gasteiger partial charge on any atom is -0.267 e. The molecule has 2 nitrogen and oxygen atoms in total.